The van der Waals surface area contributed by atoms with Crippen LogP contribution in [-0.2, 0) is 9.59 Å². The first-order valence-corrected chi connectivity index (χ1v) is 10.1. The molecule has 3 rings (SSSR count). The number of nitrogens with one attached hydrogen (secondary N) is 1. The second kappa shape index (κ2) is 9.62. The van der Waals surface area contributed by atoms with Gasteiger partial charge in [0.05, 0.1) is 4.91 Å². The molecule has 0 bridgehead atoms. The van der Waals surface area contributed by atoms with Crippen LogP contribution in [0.5, 0.6) is 5.75 Å². The maximum absolute atomic E-state index is 12.5. The van der Waals surface area contributed by atoms with E-state index in [1.807, 2.05) is 18.2 Å². The number of amides is 3. The number of hydrogen-bond acceptors (Lipinski definition) is 5. The number of nitrogens with zero attached hydrogens (tertiary/aromatic N) is 1. The molecule has 0 unspecified atom stereocenters. The number of hydrogen-bond donors (Lipinski definition) is 1. The second-order valence-corrected chi connectivity index (χ2v) is 7.68. The molecule has 1 aliphatic heterocycles. The van der Waals surface area contributed by atoms with Crippen LogP contribution in [-0.4, -0.2) is 41.1 Å². The molecule has 2 aromatic carbocycles. The summed E-state index contributed by atoms with van der Waals surface area (Å²) in [6, 6.07) is 16.0. The van der Waals surface area contributed by atoms with Crippen LogP contribution in [0.25, 0.3) is 6.08 Å². The number of rotatable bonds is 7. The molecular formula is C21H19ClN2O4S. The van der Waals surface area contributed by atoms with Crippen LogP contribution >= 0.6 is 23.4 Å². The fraction of sp³-hybridized carbons (Fsp3) is 0.190. The minimum atomic E-state index is -0.697. The average Bonchev–Trinajstić information content (AvgIpc) is 2.97. The van der Waals surface area contributed by atoms with E-state index >= 15 is 0 Å². The number of halogens is 1. The number of ether oxygens (including phenoxy) is 1. The first-order chi connectivity index (χ1) is 13.9. The predicted molar refractivity (Wildman–Crippen MR) is 114 cm³/mol. The monoisotopic (exact) mass is 430 g/mol. The molecule has 3 amide bonds. The van der Waals surface area contributed by atoms with Gasteiger partial charge in [0.1, 0.15) is 5.75 Å². The molecule has 2 aromatic rings. The van der Waals surface area contributed by atoms with Gasteiger partial charge in [0, 0.05) is 18.1 Å². The standard InChI is InChI=1S/C21H19ClN2O4S/c1-14(28-17-5-3-2-4-6-17)19(25)23-11-12-24-20(26)18(29-21(24)27)13-15-7-9-16(22)10-8-15/h2-10,13-14H,11-12H2,1H3,(H,23,25)/b18-13+/t14-/m0/s1. The lowest BCUT2D eigenvalue weighted by atomic mass is 10.2. The fourth-order valence-electron chi connectivity index (χ4n) is 2.59. The summed E-state index contributed by atoms with van der Waals surface area (Å²) < 4.78 is 5.55. The zero-order valence-corrected chi connectivity index (χ0v) is 17.2. The SMILES string of the molecule is C[C@H](Oc1ccccc1)C(=O)NCCN1C(=O)S/C(=C/c2ccc(Cl)cc2)C1=O. The van der Waals surface area contributed by atoms with E-state index < -0.39 is 6.10 Å². The van der Waals surface area contributed by atoms with Gasteiger partial charge in [0.15, 0.2) is 6.10 Å². The van der Waals surface area contributed by atoms with Crippen molar-refractivity contribution >= 4 is 46.5 Å². The minimum Gasteiger partial charge on any atom is -0.481 e. The number of benzene rings is 2. The summed E-state index contributed by atoms with van der Waals surface area (Å²) in [6.07, 6.45) is 0.951. The molecule has 1 saturated heterocycles. The summed E-state index contributed by atoms with van der Waals surface area (Å²) in [5.74, 6) is -0.108. The highest BCUT2D eigenvalue weighted by Crippen LogP contribution is 2.32. The fourth-order valence-corrected chi connectivity index (χ4v) is 3.59. The topological polar surface area (TPSA) is 75.7 Å². The molecule has 1 heterocycles. The highest BCUT2D eigenvalue weighted by molar-refractivity contribution is 8.18. The highest BCUT2D eigenvalue weighted by atomic mass is 35.5. The Bertz CT molecular complexity index is 931. The molecule has 0 saturated carbocycles. The first-order valence-electron chi connectivity index (χ1n) is 8.94. The van der Waals surface area contributed by atoms with Gasteiger partial charge in [-0.2, -0.15) is 0 Å². The summed E-state index contributed by atoms with van der Waals surface area (Å²) in [4.78, 5) is 38.3. The van der Waals surface area contributed by atoms with Crippen molar-refractivity contribution in [2.24, 2.45) is 0 Å². The Morgan fingerprint density at radius 2 is 1.86 bits per heavy atom. The Balaban J connectivity index is 1.51. The minimum absolute atomic E-state index is 0.0897. The van der Waals surface area contributed by atoms with Crippen molar-refractivity contribution < 1.29 is 19.1 Å². The van der Waals surface area contributed by atoms with Crippen LogP contribution in [0.2, 0.25) is 5.02 Å². The van der Waals surface area contributed by atoms with E-state index in [9.17, 15) is 14.4 Å². The first kappa shape index (κ1) is 21.0. The molecule has 1 N–H and O–H groups in total. The Morgan fingerprint density at radius 1 is 1.17 bits per heavy atom. The molecule has 1 atom stereocenters. The average molecular weight is 431 g/mol. The molecule has 0 aliphatic carbocycles. The van der Waals surface area contributed by atoms with Gasteiger partial charge in [-0.15, -0.1) is 0 Å². The van der Waals surface area contributed by atoms with Crippen LogP contribution in [0.3, 0.4) is 0 Å². The Morgan fingerprint density at radius 3 is 2.55 bits per heavy atom. The van der Waals surface area contributed by atoms with E-state index in [0.29, 0.717) is 15.7 Å². The van der Waals surface area contributed by atoms with Crippen molar-refractivity contribution in [3.63, 3.8) is 0 Å². The van der Waals surface area contributed by atoms with Gasteiger partial charge < -0.3 is 10.1 Å². The van der Waals surface area contributed by atoms with Crippen molar-refractivity contribution in [2.75, 3.05) is 13.1 Å². The number of carbonyl (C=O) groups excluding carboxylic acids is 3. The number of para-hydroxylation sites is 1. The van der Waals surface area contributed by atoms with Gasteiger partial charge in [-0.3, -0.25) is 19.3 Å². The summed E-state index contributed by atoms with van der Waals surface area (Å²) >= 11 is 6.73. The maximum Gasteiger partial charge on any atom is 0.293 e. The molecule has 29 heavy (non-hydrogen) atoms. The van der Waals surface area contributed by atoms with Gasteiger partial charge in [0.2, 0.25) is 0 Å². The van der Waals surface area contributed by atoms with E-state index in [0.717, 1.165) is 22.2 Å². The van der Waals surface area contributed by atoms with Crippen molar-refractivity contribution in [1.29, 1.82) is 0 Å². The smallest absolute Gasteiger partial charge is 0.293 e. The van der Waals surface area contributed by atoms with E-state index in [4.69, 9.17) is 16.3 Å². The third-order valence-electron chi connectivity index (χ3n) is 4.10. The molecule has 0 radical (unpaired) electrons. The summed E-state index contributed by atoms with van der Waals surface area (Å²) in [5.41, 5.74) is 0.778. The second-order valence-electron chi connectivity index (χ2n) is 6.25. The Labute approximate surface area is 177 Å². The zero-order chi connectivity index (χ0) is 20.8. The van der Waals surface area contributed by atoms with Crippen LogP contribution in [0.4, 0.5) is 4.79 Å². The van der Waals surface area contributed by atoms with Crippen LogP contribution in [0.15, 0.2) is 59.5 Å². The van der Waals surface area contributed by atoms with Gasteiger partial charge in [-0.05, 0) is 54.6 Å². The third-order valence-corrected chi connectivity index (χ3v) is 5.26. The quantitative estimate of drug-likeness (QED) is 0.673. The number of thioether (sulfide) groups is 1. The van der Waals surface area contributed by atoms with E-state index in [1.54, 1.807) is 49.4 Å². The lowest BCUT2D eigenvalue weighted by Crippen LogP contribution is -2.41. The van der Waals surface area contributed by atoms with E-state index in [-0.39, 0.29) is 30.1 Å². The molecule has 0 spiro atoms. The molecule has 150 valence electrons. The molecule has 8 heteroatoms. The largest absolute Gasteiger partial charge is 0.481 e. The number of carbonyl (C=O) groups is 3. The Hall–Kier alpha value is -2.77. The maximum atomic E-state index is 12.5. The lowest BCUT2D eigenvalue weighted by molar-refractivity contribution is -0.128. The summed E-state index contributed by atoms with van der Waals surface area (Å²) in [6.45, 7) is 1.87. The Kier molecular flexibility index (Phi) is 6.95. The van der Waals surface area contributed by atoms with Gasteiger partial charge >= 0.3 is 0 Å². The van der Waals surface area contributed by atoms with E-state index in [1.165, 1.54) is 0 Å². The van der Waals surface area contributed by atoms with E-state index in [2.05, 4.69) is 5.32 Å². The van der Waals surface area contributed by atoms with Gasteiger partial charge in [-0.1, -0.05) is 41.9 Å². The molecule has 0 aromatic heterocycles. The van der Waals surface area contributed by atoms with Crippen molar-refractivity contribution in [3.8, 4) is 5.75 Å². The van der Waals surface area contributed by atoms with Crippen molar-refractivity contribution in [3.05, 3.63) is 70.1 Å². The number of imide groups is 1. The summed E-state index contributed by atoms with van der Waals surface area (Å²) in [7, 11) is 0. The normalized spacial score (nSPS) is 16.2. The van der Waals surface area contributed by atoms with Crippen LogP contribution < -0.4 is 10.1 Å². The molecule has 6 nitrogen and oxygen atoms in total. The predicted octanol–water partition coefficient (Wildman–Crippen LogP) is 3.96. The van der Waals surface area contributed by atoms with Crippen molar-refractivity contribution in [2.45, 2.75) is 13.0 Å². The highest BCUT2D eigenvalue weighted by Gasteiger charge is 2.34. The summed E-state index contributed by atoms with van der Waals surface area (Å²) in [5, 5.41) is 2.92. The molecule has 1 aliphatic rings. The van der Waals surface area contributed by atoms with Gasteiger partial charge in [0.25, 0.3) is 17.1 Å². The molecular weight excluding hydrogens is 412 g/mol. The zero-order valence-electron chi connectivity index (χ0n) is 15.6. The van der Waals surface area contributed by atoms with Crippen molar-refractivity contribution in [1.82, 2.24) is 10.2 Å². The lowest BCUT2D eigenvalue weighted by Gasteiger charge is -2.16. The van der Waals surface area contributed by atoms with Crippen LogP contribution in [0.1, 0.15) is 12.5 Å². The molecule has 1 fully saturated rings. The van der Waals surface area contributed by atoms with Crippen LogP contribution in [0, 0.1) is 0 Å². The van der Waals surface area contributed by atoms with Gasteiger partial charge in [-0.25, -0.2) is 0 Å². The third kappa shape index (κ3) is 5.62.